The first-order chi connectivity index (χ1) is 21.8. The molecular weight excluding hydrogens is 630 g/mol. The predicted molar refractivity (Wildman–Crippen MR) is 187 cm³/mol. The van der Waals surface area contributed by atoms with Crippen LogP contribution in [0.4, 0.5) is 0 Å². The molecular formula is C36H68NaO9P. The van der Waals surface area contributed by atoms with Crippen LogP contribution in [0.5, 0.6) is 0 Å². The fourth-order valence-corrected chi connectivity index (χ4v) is 11.0. The summed E-state index contributed by atoms with van der Waals surface area (Å²) >= 11 is 0. The molecule has 0 aromatic rings. The van der Waals surface area contributed by atoms with Crippen LogP contribution < -0.4 is 0 Å². The first kappa shape index (κ1) is 43.6. The standard InChI is InChI=1S/C24H40O5.C12H27O4P.Na.H/c1-13(4-7-21(28)29)16-5-6-17-22-18(12-20(27)24(16,17)3)23(2)9-8-15(25)10-14(23)11-19(22)26;1-4-7-10-14-17(13,15-11-8-5-2)16-12-9-6-3;;/h13-20,22,25-27H,4-12H2,1-3H3,(H,28,29);4-12H2,1-3H3;;/t13-,14+,15-,16-,17?,18?,19-,20+,22?,23+,24-;;;/m1.../s1. The molecule has 4 fully saturated rings. The van der Waals surface area contributed by atoms with E-state index in [1.807, 2.05) is 0 Å². The van der Waals surface area contributed by atoms with Crippen LogP contribution >= 0.6 is 7.82 Å². The number of rotatable bonds is 16. The van der Waals surface area contributed by atoms with Gasteiger partial charge in [0.1, 0.15) is 0 Å². The van der Waals surface area contributed by atoms with E-state index in [9.17, 15) is 24.7 Å². The van der Waals surface area contributed by atoms with Crippen LogP contribution in [-0.2, 0) is 22.9 Å². The summed E-state index contributed by atoms with van der Waals surface area (Å²) in [5.41, 5.74) is -0.143. The third-order valence-electron chi connectivity index (χ3n) is 12.6. The fraction of sp³-hybridized carbons (Fsp3) is 0.972. The maximum absolute atomic E-state index is 12.2. The number of aliphatic hydroxyl groups is 3. The van der Waals surface area contributed by atoms with E-state index in [0.29, 0.717) is 49.9 Å². The van der Waals surface area contributed by atoms with E-state index in [1.165, 1.54) is 0 Å². The minimum absolute atomic E-state index is 0. The Balaban J connectivity index is 0.000000370. The molecule has 0 aliphatic heterocycles. The number of aliphatic carboxylic acids is 1. The van der Waals surface area contributed by atoms with Crippen LogP contribution in [0.15, 0.2) is 0 Å². The molecule has 4 aliphatic rings. The van der Waals surface area contributed by atoms with E-state index >= 15 is 0 Å². The molecule has 4 rings (SSSR count). The molecule has 47 heavy (non-hydrogen) atoms. The molecule has 11 heteroatoms. The Morgan fingerprint density at radius 3 is 1.91 bits per heavy atom. The molecule has 0 aromatic heterocycles. The zero-order chi connectivity index (χ0) is 34.1. The van der Waals surface area contributed by atoms with Crippen molar-refractivity contribution in [2.75, 3.05) is 19.8 Å². The molecule has 4 aliphatic carbocycles. The van der Waals surface area contributed by atoms with E-state index in [1.54, 1.807) is 0 Å². The number of hydrogen-bond donors (Lipinski definition) is 4. The van der Waals surface area contributed by atoms with Gasteiger partial charge in [-0.05, 0) is 117 Å². The van der Waals surface area contributed by atoms with Crippen LogP contribution in [0.2, 0.25) is 0 Å². The SMILES string of the molecule is CCCCOP(=O)(OCCCC)OCCCC.C[C@H](CCC(=O)O)[C@H]1CCC2C3C(C[C@H](O)[C@@]21C)[C@@]1(C)CC[C@@H](O)C[C@H]1C[C@H]3O.[NaH]. The molecule has 0 radical (unpaired) electrons. The van der Waals surface area contributed by atoms with Crippen molar-refractivity contribution < 1.29 is 43.4 Å². The molecule has 0 heterocycles. The molecule has 0 bridgehead atoms. The average molecular weight is 699 g/mol. The van der Waals surface area contributed by atoms with E-state index in [4.69, 9.17) is 18.7 Å². The number of aliphatic hydroxyl groups excluding tert-OH is 3. The van der Waals surface area contributed by atoms with Crippen molar-refractivity contribution in [3.05, 3.63) is 0 Å². The van der Waals surface area contributed by atoms with E-state index in [0.717, 1.165) is 83.5 Å². The molecule has 4 N–H and O–H groups in total. The van der Waals surface area contributed by atoms with Gasteiger partial charge in [-0.3, -0.25) is 18.4 Å². The Kier molecular flexibility index (Phi) is 18.5. The Hall–Kier alpha value is 0.460. The predicted octanol–water partition coefficient (Wildman–Crippen LogP) is 7.34. The van der Waals surface area contributed by atoms with Crippen LogP contribution in [0.3, 0.4) is 0 Å². The number of phosphoric acid groups is 1. The number of unbranched alkanes of at least 4 members (excludes halogenated alkanes) is 3. The third kappa shape index (κ3) is 10.7. The Morgan fingerprint density at radius 2 is 1.40 bits per heavy atom. The molecule has 0 aromatic carbocycles. The van der Waals surface area contributed by atoms with Crippen molar-refractivity contribution in [3.63, 3.8) is 0 Å². The number of carboxylic acids is 1. The second-order valence-corrected chi connectivity index (χ2v) is 17.1. The Bertz CT molecular complexity index is 953. The van der Waals surface area contributed by atoms with Gasteiger partial charge >= 0.3 is 43.3 Å². The quantitative estimate of drug-likeness (QED) is 0.0740. The summed E-state index contributed by atoms with van der Waals surface area (Å²) in [6.07, 6.45) is 11.6. The Labute approximate surface area is 307 Å². The van der Waals surface area contributed by atoms with Gasteiger partial charge in [0.2, 0.25) is 0 Å². The van der Waals surface area contributed by atoms with Crippen molar-refractivity contribution >= 4 is 43.3 Å². The molecule has 0 spiro atoms. The molecule has 11 atom stereocenters. The van der Waals surface area contributed by atoms with Gasteiger partial charge in [-0.2, -0.15) is 0 Å². The summed E-state index contributed by atoms with van der Waals surface area (Å²) in [5, 5.41) is 42.0. The zero-order valence-electron chi connectivity index (χ0n) is 29.7. The van der Waals surface area contributed by atoms with E-state index in [2.05, 4.69) is 41.5 Å². The molecule has 3 unspecified atom stereocenters. The number of fused-ring (bicyclic) bond motifs is 5. The summed E-state index contributed by atoms with van der Waals surface area (Å²) in [6.45, 7) is 14.2. The van der Waals surface area contributed by atoms with Gasteiger partial charge in [-0.1, -0.05) is 60.8 Å². The van der Waals surface area contributed by atoms with E-state index < -0.39 is 19.9 Å². The monoisotopic (exact) mass is 698 g/mol. The second kappa shape index (κ2) is 19.9. The van der Waals surface area contributed by atoms with Crippen molar-refractivity contribution in [1.29, 1.82) is 0 Å². The van der Waals surface area contributed by atoms with Crippen molar-refractivity contribution in [3.8, 4) is 0 Å². The summed E-state index contributed by atoms with van der Waals surface area (Å²) in [6, 6.07) is 0. The molecule has 0 amide bonds. The summed E-state index contributed by atoms with van der Waals surface area (Å²) in [7, 11) is -3.31. The third-order valence-corrected chi connectivity index (χ3v) is 14.1. The van der Waals surface area contributed by atoms with E-state index in [-0.39, 0.29) is 70.9 Å². The fourth-order valence-electron chi connectivity index (χ4n) is 9.76. The van der Waals surface area contributed by atoms with Gasteiger partial charge in [-0.15, -0.1) is 0 Å². The van der Waals surface area contributed by atoms with Crippen LogP contribution in [0, 0.1) is 46.3 Å². The minimum atomic E-state index is -3.31. The van der Waals surface area contributed by atoms with Crippen molar-refractivity contribution in [2.24, 2.45) is 46.3 Å². The van der Waals surface area contributed by atoms with Gasteiger partial charge in [0.05, 0.1) is 38.1 Å². The Morgan fingerprint density at radius 1 is 0.851 bits per heavy atom. The zero-order valence-corrected chi connectivity index (χ0v) is 30.6. The maximum atomic E-state index is 12.2. The summed E-state index contributed by atoms with van der Waals surface area (Å²) < 4.78 is 28.0. The number of carboxylic acid groups (broad SMARTS) is 1. The van der Waals surface area contributed by atoms with Gasteiger partial charge in [0, 0.05) is 6.42 Å². The topological polar surface area (TPSA) is 143 Å². The molecule has 9 nitrogen and oxygen atoms in total. The van der Waals surface area contributed by atoms with Gasteiger partial charge < -0.3 is 20.4 Å². The van der Waals surface area contributed by atoms with Crippen molar-refractivity contribution in [2.45, 2.75) is 156 Å². The second-order valence-electron chi connectivity index (χ2n) is 15.4. The van der Waals surface area contributed by atoms with Gasteiger partial charge in [0.25, 0.3) is 0 Å². The van der Waals surface area contributed by atoms with Crippen LogP contribution in [0.25, 0.3) is 0 Å². The van der Waals surface area contributed by atoms with Gasteiger partial charge in [0.15, 0.2) is 0 Å². The van der Waals surface area contributed by atoms with Crippen LogP contribution in [-0.4, -0.2) is 94.1 Å². The van der Waals surface area contributed by atoms with Gasteiger partial charge in [-0.25, -0.2) is 4.57 Å². The average Bonchev–Trinajstić information content (AvgIpc) is 3.36. The number of hydrogen-bond acceptors (Lipinski definition) is 8. The molecule has 4 saturated carbocycles. The molecule has 0 saturated heterocycles. The summed E-state index contributed by atoms with van der Waals surface area (Å²) in [4.78, 5) is 11.1. The van der Waals surface area contributed by atoms with Crippen molar-refractivity contribution in [1.82, 2.24) is 0 Å². The normalized spacial score (nSPS) is 37.0. The number of carbonyl (C=O) groups is 1. The van der Waals surface area contributed by atoms with Crippen LogP contribution in [0.1, 0.15) is 138 Å². The molecule has 272 valence electrons. The first-order valence-electron chi connectivity index (χ1n) is 18.6. The summed E-state index contributed by atoms with van der Waals surface area (Å²) in [5.74, 6) is 0.997. The number of phosphoric ester groups is 1. The first-order valence-corrected chi connectivity index (χ1v) is 20.0.